The molecule has 0 fully saturated rings. The molecule has 0 aliphatic rings. The summed E-state index contributed by atoms with van der Waals surface area (Å²) in [5.74, 6) is 0.371. The molecule has 0 atom stereocenters. The Morgan fingerprint density at radius 2 is 1.83 bits per heavy atom. The number of hydrazone groups is 1. The fourth-order valence-electron chi connectivity index (χ4n) is 2.66. The van der Waals surface area contributed by atoms with Crippen molar-refractivity contribution < 1.29 is 0 Å². The van der Waals surface area contributed by atoms with Gasteiger partial charge in [-0.15, -0.1) is 10.2 Å². The van der Waals surface area contributed by atoms with Crippen LogP contribution in [-0.4, -0.2) is 25.9 Å². The quantitative estimate of drug-likeness (QED) is 0.444. The van der Waals surface area contributed by atoms with E-state index in [1.165, 1.54) is 0 Å². The highest BCUT2D eigenvalue weighted by Crippen LogP contribution is 2.21. The van der Waals surface area contributed by atoms with Crippen LogP contribution in [0.15, 0.2) is 59.7 Å². The predicted octanol–water partition coefficient (Wildman–Crippen LogP) is 3.73. The van der Waals surface area contributed by atoms with E-state index in [4.69, 9.17) is 0 Å². The van der Waals surface area contributed by atoms with Gasteiger partial charge < -0.3 is 4.98 Å². The number of nitrogens with zero attached hydrogens (tertiary/aromatic N) is 4. The molecule has 2 N–H and O–H groups in total. The van der Waals surface area contributed by atoms with Gasteiger partial charge in [-0.3, -0.25) is 0 Å². The number of aromatic nitrogens is 4. The molecule has 4 rings (SSSR count). The van der Waals surface area contributed by atoms with Crippen molar-refractivity contribution in [1.82, 2.24) is 20.2 Å². The zero-order valence-corrected chi connectivity index (χ0v) is 13.2. The first kappa shape index (κ1) is 14.3. The van der Waals surface area contributed by atoms with Gasteiger partial charge in [0, 0.05) is 10.9 Å². The first-order valence-corrected chi connectivity index (χ1v) is 7.84. The standard InChI is InChI=1S/C18H16N6/c1-2-14(12-8-4-3-5-9-12)21-23-18-20-17-16(22-24-18)13-10-6-7-11-15(13)19-17/h3-11H,2H2,1H3,(H2,19,20,23,24)/b21-14-. The number of fused-ring (bicyclic) bond motifs is 3. The van der Waals surface area contributed by atoms with Crippen molar-refractivity contribution in [2.75, 3.05) is 5.43 Å². The molecule has 0 aliphatic carbocycles. The molecule has 0 amide bonds. The van der Waals surface area contributed by atoms with Gasteiger partial charge >= 0.3 is 0 Å². The van der Waals surface area contributed by atoms with Crippen molar-refractivity contribution in [3.05, 3.63) is 60.2 Å². The Kier molecular flexibility index (Phi) is 3.63. The Labute approximate surface area is 138 Å². The van der Waals surface area contributed by atoms with Gasteiger partial charge in [-0.1, -0.05) is 55.5 Å². The smallest absolute Gasteiger partial charge is 0.265 e. The van der Waals surface area contributed by atoms with Crippen molar-refractivity contribution >= 4 is 33.7 Å². The fraction of sp³-hybridized carbons (Fsp3) is 0.111. The molecule has 0 spiro atoms. The molecule has 0 saturated carbocycles. The number of benzene rings is 2. The van der Waals surface area contributed by atoms with Crippen LogP contribution in [0.2, 0.25) is 0 Å². The third-order valence-electron chi connectivity index (χ3n) is 3.85. The second-order valence-corrected chi connectivity index (χ2v) is 5.39. The molecule has 0 radical (unpaired) electrons. The molecule has 0 bridgehead atoms. The third-order valence-corrected chi connectivity index (χ3v) is 3.85. The maximum atomic E-state index is 4.47. The Morgan fingerprint density at radius 3 is 2.67 bits per heavy atom. The van der Waals surface area contributed by atoms with Gasteiger partial charge in [0.2, 0.25) is 0 Å². The lowest BCUT2D eigenvalue weighted by molar-refractivity contribution is 1.00. The van der Waals surface area contributed by atoms with Crippen molar-refractivity contribution in [1.29, 1.82) is 0 Å². The number of anilines is 1. The lowest BCUT2D eigenvalue weighted by Gasteiger charge is -2.04. The van der Waals surface area contributed by atoms with Gasteiger partial charge in [-0.05, 0) is 18.1 Å². The highest BCUT2D eigenvalue weighted by atomic mass is 15.4. The topological polar surface area (TPSA) is 78.8 Å². The second kappa shape index (κ2) is 6.08. The largest absolute Gasteiger partial charge is 0.338 e. The van der Waals surface area contributed by atoms with E-state index in [9.17, 15) is 0 Å². The van der Waals surface area contributed by atoms with Crippen LogP contribution in [0.3, 0.4) is 0 Å². The number of rotatable bonds is 4. The van der Waals surface area contributed by atoms with E-state index < -0.39 is 0 Å². The van der Waals surface area contributed by atoms with Crippen LogP contribution in [0, 0.1) is 0 Å². The summed E-state index contributed by atoms with van der Waals surface area (Å²) in [5, 5.41) is 13.8. The SMILES string of the molecule is CC/C(=N/Nc1nnc2c(n1)[nH]c1ccccc12)c1ccccc1. The van der Waals surface area contributed by atoms with Gasteiger partial charge in [0.15, 0.2) is 5.65 Å². The first-order chi connectivity index (χ1) is 11.8. The Balaban J connectivity index is 1.67. The van der Waals surface area contributed by atoms with Crippen molar-refractivity contribution in [2.45, 2.75) is 13.3 Å². The summed E-state index contributed by atoms with van der Waals surface area (Å²) in [7, 11) is 0. The van der Waals surface area contributed by atoms with E-state index in [0.717, 1.165) is 34.1 Å². The fourth-order valence-corrected chi connectivity index (χ4v) is 2.66. The van der Waals surface area contributed by atoms with Crippen LogP contribution >= 0.6 is 0 Å². The molecule has 24 heavy (non-hydrogen) atoms. The van der Waals surface area contributed by atoms with Crippen LogP contribution in [0.1, 0.15) is 18.9 Å². The summed E-state index contributed by atoms with van der Waals surface area (Å²) >= 11 is 0. The van der Waals surface area contributed by atoms with Gasteiger partial charge in [-0.2, -0.15) is 10.1 Å². The minimum atomic E-state index is 0.371. The van der Waals surface area contributed by atoms with E-state index in [1.54, 1.807) is 0 Å². The van der Waals surface area contributed by atoms with Crippen LogP contribution in [0.25, 0.3) is 22.1 Å². The number of para-hydroxylation sites is 1. The molecule has 0 saturated heterocycles. The molecule has 2 aromatic carbocycles. The molecule has 0 unspecified atom stereocenters. The molecule has 2 heterocycles. The van der Waals surface area contributed by atoms with Gasteiger partial charge in [-0.25, -0.2) is 5.43 Å². The normalized spacial score (nSPS) is 12.0. The van der Waals surface area contributed by atoms with Crippen LogP contribution in [-0.2, 0) is 0 Å². The summed E-state index contributed by atoms with van der Waals surface area (Å²) in [6.07, 6.45) is 0.805. The van der Waals surface area contributed by atoms with Crippen molar-refractivity contribution in [3.8, 4) is 0 Å². The predicted molar refractivity (Wildman–Crippen MR) is 96.1 cm³/mol. The summed E-state index contributed by atoms with van der Waals surface area (Å²) in [6, 6.07) is 18.0. The molecular weight excluding hydrogens is 300 g/mol. The number of hydrogen-bond donors (Lipinski definition) is 2. The average molecular weight is 316 g/mol. The summed E-state index contributed by atoms with van der Waals surface area (Å²) in [4.78, 5) is 7.71. The third kappa shape index (κ3) is 2.58. The van der Waals surface area contributed by atoms with Crippen molar-refractivity contribution in [2.24, 2.45) is 5.10 Å². The Bertz CT molecular complexity index is 1020. The van der Waals surface area contributed by atoms with Crippen LogP contribution in [0.5, 0.6) is 0 Å². The van der Waals surface area contributed by atoms with Gasteiger partial charge in [0.05, 0.1) is 5.71 Å². The number of hydrogen-bond acceptors (Lipinski definition) is 5. The highest BCUT2D eigenvalue weighted by molar-refractivity contribution is 6.03. The zero-order chi connectivity index (χ0) is 16.4. The Morgan fingerprint density at radius 1 is 1.04 bits per heavy atom. The maximum absolute atomic E-state index is 4.47. The van der Waals surface area contributed by atoms with E-state index in [1.807, 2.05) is 54.6 Å². The van der Waals surface area contributed by atoms with Gasteiger partial charge in [0.25, 0.3) is 5.95 Å². The monoisotopic (exact) mass is 316 g/mol. The van der Waals surface area contributed by atoms with Gasteiger partial charge in [0.1, 0.15) is 5.52 Å². The number of nitrogens with one attached hydrogen (secondary N) is 2. The van der Waals surface area contributed by atoms with Crippen LogP contribution < -0.4 is 5.43 Å². The summed E-state index contributed by atoms with van der Waals surface area (Å²) in [6.45, 7) is 2.06. The minimum absolute atomic E-state index is 0.371. The summed E-state index contributed by atoms with van der Waals surface area (Å²) < 4.78 is 0. The van der Waals surface area contributed by atoms with E-state index in [0.29, 0.717) is 11.6 Å². The highest BCUT2D eigenvalue weighted by Gasteiger charge is 2.08. The number of aromatic amines is 1. The first-order valence-electron chi connectivity index (χ1n) is 7.84. The lowest BCUT2D eigenvalue weighted by Crippen LogP contribution is -2.05. The molecule has 6 nitrogen and oxygen atoms in total. The maximum Gasteiger partial charge on any atom is 0.265 e. The molecule has 6 heteroatoms. The van der Waals surface area contributed by atoms with Crippen molar-refractivity contribution in [3.63, 3.8) is 0 Å². The van der Waals surface area contributed by atoms with E-state index in [2.05, 4.69) is 37.6 Å². The summed E-state index contributed by atoms with van der Waals surface area (Å²) in [5.41, 5.74) is 7.38. The molecule has 118 valence electrons. The van der Waals surface area contributed by atoms with E-state index in [-0.39, 0.29) is 0 Å². The number of H-pyrrole nitrogens is 1. The zero-order valence-electron chi connectivity index (χ0n) is 13.2. The molecule has 4 aromatic rings. The Hall–Kier alpha value is -3.28. The molecular formula is C18H16N6. The van der Waals surface area contributed by atoms with Crippen LogP contribution in [0.4, 0.5) is 5.95 Å². The average Bonchev–Trinajstić information content (AvgIpc) is 3.01. The van der Waals surface area contributed by atoms with E-state index >= 15 is 0 Å². The minimum Gasteiger partial charge on any atom is -0.338 e. The molecule has 0 aliphatic heterocycles. The second-order valence-electron chi connectivity index (χ2n) is 5.39. The molecule has 2 aromatic heterocycles. The lowest BCUT2D eigenvalue weighted by atomic mass is 10.1.